The van der Waals surface area contributed by atoms with E-state index < -0.39 is 17.8 Å². The van der Waals surface area contributed by atoms with Crippen LogP contribution in [0.2, 0.25) is 0 Å². The Morgan fingerprint density at radius 3 is 2.56 bits per heavy atom. The molecule has 10 heteroatoms. The largest absolute Gasteiger partial charge is 0.479 e. The molecular formula is C26H19FI2N2O4S. The van der Waals surface area contributed by atoms with Gasteiger partial charge in [-0.05, 0) is 100 Å². The first kappa shape index (κ1) is 26.6. The molecule has 0 amide bonds. The van der Waals surface area contributed by atoms with Crippen molar-refractivity contribution in [3.63, 3.8) is 0 Å². The Morgan fingerprint density at radius 2 is 1.94 bits per heavy atom. The molecule has 184 valence electrons. The highest BCUT2D eigenvalue weighted by Crippen LogP contribution is 2.31. The van der Waals surface area contributed by atoms with Gasteiger partial charge < -0.3 is 9.47 Å². The Kier molecular flexibility index (Phi) is 8.31. The molecule has 0 bridgehead atoms. The maximum absolute atomic E-state index is 13.7. The molecule has 1 atom stereocenters. The highest BCUT2D eigenvalue weighted by atomic mass is 127. The highest BCUT2D eigenvalue weighted by molar-refractivity contribution is 14.1. The van der Waals surface area contributed by atoms with Crippen molar-refractivity contribution < 1.29 is 18.7 Å². The number of hydrogen-bond acceptors (Lipinski definition) is 6. The molecule has 0 fully saturated rings. The maximum atomic E-state index is 13.7. The average Bonchev–Trinajstić information content (AvgIpc) is 3.12. The van der Waals surface area contributed by atoms with Gasteiger partial charge in [-0.3, -0.25) is 9.36 Å². The molecule has 36 heavy (non-hydrogen) atoms. The second-order valence-electron chi connectivity index (χ2n) is 7.66. The summed E-state index contributed by atoms with van der Waals surface area (Å²) in [5.41, 5.74) is 1.79. The van der Waals surface area contributed by atoms with E-state index in [1.165, 1.54) is 28.0 Å². The van der Waals surface area contributed by atoms with Crippen LogP contribution in [0.4, 0.5) is 4.39 Å². The van der Waals surface area contributed by atoms with Gasteiger partial charge in [0.15, 0.2) is 4.80 Å². The lowest BCUT2D eigenvalue weighted by atomic mass is 9.96. The molecule has 2 aromatic carbocycles. The molecule has 0 aliphatic carbocycles. The number of terminal acetylenes is 1. The molecule has 0 saturated carbocycles. The van der Waals surface area contributed by atoms with Crippen molar-refractivity contribution in [2.45, 2.75) is 19.9 Å². The summed E-state index contributed by atoms with van der Waals surface area (Å²) in [4.78, 5) is 31.6. The van der Waals surface area contributed by atoms with Gasteiger partial charge in [0.05, 0.1) is 35.6 Å². The summed E-state index contributed by atoms with van der Waals surface area (Å²) in [5.74, 6) is 2.18. The number of carbonyl (C=O) groups excluding carboxylic acids is 1. The quantitative estimate of drug-likeness (QED) is 0.218. The first-order chi connectivity index (χ1) is 17.2. The van der Waals surface area contributed by atoms with Crippen molar-refractivity contribution in [1.29, 1.82) is 0 Å². The Balaban J connectivity index is 1.89. The third kappa shape index (κ3) is 5.28. The van der Waals surface area contributed by atoms with Crippen LogP contribution in [0.3, 0.4) is 0 Å². The molecule has 0 saturated heterocycles. The van der Waals surface area contributed by atoms with Crippen LogP contribution < -0.4 is 19.6 Å². The summed E-state index contributed by atoms with van der Waals surface area (Å²) < 4.78 is 28.2. The van der Waals surface area contributed by atoms with Gasteiger partial charge in [0.25, 0.3) is 5.56 Å². The summed E-state index contributed by atoms with van der Waals surface area (Å²) in [6.45, 7) is 3.75. The number of thiazole rings is 1. The summed E-state index contributed by atoms with van der Waals surface area (Å²) in [6, 6.07) is 8.75. The molecule has 6 nitrogen and oxygen atoms in total. The van der Waals surface area contributed by atoms with Crippen molar-refractivity contribution in [2.75, 3.05) is 13.2 Å². The third-order valence-electron chi connectivity index (χ3n) is 5.32. The number of rotatable bonds is 6. The molecule has 4 rings (SSSR count). The Hall–Kier alpha value is -2.50. The lowest BCUT2D eigenvalue weighted by molar-refractivity contribution is -0.139. The van der Waals surface area contributed by atoms with Crippen LogP contribution in [-0.4, -0.2) is 23.8 Å². The van der Waals surface area contributed by atoms with Crippen LogP contribution in [0.5, 0.6) is 5.75 Å². The van der Waals surface area contributed by atoms with Gasteiger partial charge in [0.1, 0.15) is 18.2 Å². The predicted octanol–water partition coefficient (Wildman–Crippen LogP) is 4.16. The number of benzene rings is 2. The fraction of sp³-hybridized carbons (Fsp3) is 0.192. The lowest BCUT2D eigenvalue weighted by Gasteiger charge is -2.24. The topological polar surface area (TPSA) is 69.9 Å². The Morgan fingerprint density at radius 1 is 1.28 bits per heavy atom. The van der Waals surface area contributed by atoms with E-state index in [0.717, 1.165) is 12.7 Å². The normalized spacial score (nSPS) is 15.2. The van der Waals surface area contributed by atoms with Gasteiger partial charge in [-0.15, -0.1) is 6.42 Å². The van der Waals surface area contributed by atoms with E-state index in [9.17, 15) is 14.0 Å². The standard InChI is InChI=1S/C26H19FI2N2O4S/c1-4-10-35-23-18(28)11-15(12-19(23)29)13-20-24(32)31-22(16-6-8-17(27)9-7-16)21(25(33)34-5-2)14(3)30-26(31)36-20/h1,6-9,11-13,22H,5,10H2,2-3H3/b20-13-/t22-/m1/s1. The van der Waals surface area contributed by atoms with Crippen LogP contribution in [0, 0.1) is 25.3 Å². The maximum Gasteiger partial charge on any atom is 0.338 e. The first-order valence-electron chi connectivity index (χ1n) is 10.8. The molecule has 1 aliphatic rings. The molecule has 0 N–H and O–H groups in total. The minimum absolute atomic E-state index is 0.162. The molecule has 1 aromatic heterocycles. The number of halogens is 3. The van der Waals surface area contributed by atoms with Crippen molar-refractivity contribution in [3.8, 4) is 18.1 Å². The highest BCUT2D eigenvalue weighted by Gasteiger charge is 2.33. The fourth-order valence-electron chi connectivity index (χ4n) is 3.82. The number of esters is 1. The number of allylic oxidation sites excluding steroid dienone is 1. The van der Waals surface area contributed by atoms with Crippen LogP contribution in [0.15, 0.2) is 57.5 Å². The number of hydrogen-bond donors (Lipinski definition) is 0. The number of fused-ring (bicyclic) bond motifs is 1. The van der Waals surface area contributed by atoms with Crippen molar-refractivity contribution in [1.82, 2.24) is 4.57 Å². The van der Waals surface area contributed by atoms with Crippen LogP contribution in [0.1, 0.15) is 31.0 Å². The zero-order valence-electron chi connectivity index (χ0n) is 19.2. The average molecular weight is 728 g/mol. The molecule has 0 spiro atoms. The van der Waals surface area contributed by atoms with E-state index in [1.807, 2.05) is 12.1 Å². The zero-order chi connectivity index (χ0) is 26.0. The minimum Gasteiger partial charge on any atom is -0.479 e. The van der Waals surface area contributed by atoms with Gasteiger partial charge in [-0.25, -0.2) is 14.2 Å². The number of nitrogens with zero attached hydrogens (tertiary/aromatic N) is 2. The second-order valence-corrected chi connectivity index (χ2v) is 11.0. The van der Waals surface area contributed by atoms with E-state index in [-0.39, 0.29) is 24.3 Å². The van der Waals surface area contributed by atoms with Gasteiger partial charge in [-0.2, -0.15) is 0 Å². The predicted molar refractivity (Wildman–Crippen MR) is 153 cm³/mol. The Labute approximate surface area is 237 Å². The number of carbonyl (C=O) groups is 1. The van der Waals surface area contributed by atoms with E-state index >= 15 is 0 Å². The number of ether oxygens (including phenoxy) is 2. The molecule has 0 unspecified atom stereocenters. The monoisotopic (exact) mass is 728 g/mol. The van der Waals surface area contributed by atoms with Gasteiger partial charge >= 0.3 is 5.97 Å². The molecule has 2 heterocycles. The van der Waals surface area contributed by atoms with Crippen molar-refractivity contribution in [3.05, 3.63) is 91.4 Å². The smallest absolute Gasteiger partial charge is 0.338 e. The number of aromatic nitrogens is 1. The Bertz CT molecular complexity index is 1580. The van der Waals surface area contributed by atoms with E-state index in [4.69, 9.17) is 15.9 Å². The van der Waals surface area contributed by atoms with E-state index in [0.29, 0.717) is 26.3 Å². The SMILES string of the molecule is C#CCOc1c(I)cc(/C=c2\sc3n(c2=O)[C@H](c2ccc(F)cc2)C(C(=O)OCC)=C(C)N=3)cc1I. The second kappa shape index (κ2) is 11.3. The van der Waals surface area contributed by atoms with Crippen LogP contribution in [0.25, 0.3) is 6.08 Å². The van der Waals surface area contributed by atoms with Gasteiger partial charge in [0.2, 0.25) is 0 Å². The summed E-state index contributed by atoms with van der Waals surface area (Å²) in [7, 11) is 0. The molecular weight excluding hydrogens is 709 g/mol. The van der Waals surface area contributed by atoms with Crippen LogP contribution >= 0.6 is 56.5 Å². The zero-order valence-corrected chi connectivity index (χ0v) is 24.3. The summed E-state index contributed by atoms with van der Waals surface area (Å²) in [5, 5.41) is 0. The van der Waals surface area contributed by atoms with Gasteiger partial charge in [-0.1, -0.05) is 29.4 Å². The van der Waals surface area contributed by atoms with Crippen LogP contribution in [-0.2, 0) is 9.53 Å². The van der Waals surface area contributed by atoms with Crippen molar-refractivity contribution >= 4 is 68.6 Å². The van der Waals surface area contributed by atoms with E-state index in [2.05, 4.69) is 56.1 Å². The lowest BCUT2D eigenvalue weighted by Crippen LogP contribution is -2.39. The summed E-state index contributed by atoms with van der Waals surface area (Å²) >= 11 is 5.56. The molecule has 3 aromatic rings. The molecule has 1 aliphatic heterocycles. The molecule has 0 radical (unpaired) electrons. The summed E-state index contributed by atoms with van der Waals surface area (Å²) in [6.07, 6.45) is 7.09. The van der Waals surface area contributed by atoms with Crippen molar-refractivity contribution in [2.24, 2.45) is 4.99 Å². The third-order valence-corrected chi connectivity index (χ3v) is 7.91. The fourth-order valence-corrected chi connectivity index (χ4v) is 6.99. The first-order valence-corrected chi connectivity index (χ1v) is 13.7. The van der Waals surface area contributed by atoms with Gasteiger partial charge in [0, 0.05) is 0 Å². The van der Waals surface area contributed by atoms with E-state index in [1.54, 1.807) is 32.1 Å². The minimum atomic E-state index is -0.789.